The predicted molar refractivity (Wildman–Crippen MR) is 216 cm³/mol. The highest BCUT2D eigenvalue weighted by molar-refractivity contribution is 6.25. The van der Waals surface area contributed by atoms with E-state index in [0.29, 0.717) is 5.82 Å². The highest BCUT2D eigenvalue weighted by Crippen LogP contribution is 2.41. The first-order valence-electron chi connectivity index (χ1n) is 17.6. The van der Waals surface area contributed by atoms with Gasteiger partial charge in [-0.1, -0.05) is 146 Å². The summed E-state index contributed by atoms with van der Waals surface area (Å²) in [6, 6.07) is 62.5. The summed E-state index contributed by atoms with van der Waals surface area (Å²) in [6.07, 6.45) is 3.75. The first-order chi connectivity index (χ1) is 25.7. The summed E-state index contributed by atoms with van der Waals surface area (Å²) in [7, 11) is 0. The van der Waals surface area contributed by atoms with Gasteiger partial charge in [0.1, 0.15) is 0 Å². The minimum absolute atomic E-state index is 0.691. The zero-order valence-electron chi connectivity index (χ0n) is 28.2. The Labute approximate surface area is 301 Å². The molecule has 0 aliphatic heterocycles. The lowest BCUT2D eigenvalue weighted by Gasteiger charge is -2.16. The largest absolute Gasteiger partial charge is 0.264 e. The Balaban J connectivity index is 1.19. The Hall–Kier alpha value is -6.97. The molecule has 0 saturated heterocycles. The molecule has 0 unspecified atom stereocenters. The Morgan fingerprint density at radius 1 is 0.327 bits per heavy atom. The molecule has 3 heteroatoms. The maximum Gasteiger partial charge on any atom is 0.160 e. The second-order valence-electron chi connectivity index (χ2n) is 13.3. The van der Waals surface area contributed by atoms with Gasteiger partial charge in [0, 0.05) is 34.6 Å². The van der Waals surface area contributed by atoms with Crippen molar-refractivity contribution >= 4 is 32.3 Å². The lowest BCUT2D eigenvalue weighted by Crippen LogP contribution is -1.97. The van der Waals surface area contributed by atoms with Crippen LogP contribution in [-0.2, 0) is 0 Å². The Morgan fingerprint density at radius 3 is 1.63 bits per heavy atom. The Kier molecular flexibility index (Phi) is 7.14. The number of benzene rings is 8. The van der Waals surface area contributed by atoms with E-state index >= 15 is 0 Å². The summed E-state index contributed by atoms with van der Waals surface area (Å²) in [6.45, 7) is 0. The fourth-order valence-electron chi connectivity index (χ4n) is 7.54. The number of hydrogen-bond donors (Lipinski definition) is 0. The molecule has 10 aromatic rings. The van der Waals surface area contributed by atoms with Crippen LogP contribution >= 0.6 is 0 Å². The highest BCUT2D eigenvalue weighted by Gasteiger charge is 2.17. The number of rotatable bonds is 6. The third kappa shape index (κ3) is 5.28. The molecule has 0 radical (unpaired) electrons. The third-order valence-electron chi connectivity index (χ3n) is 10.1. The summed E-state index contributed by atoms with van der Waals surface area (Å²) in [5.74, 6) is 0.691. The molecule has 8 aromatic carbocycles. The van der Waals surface area contributed by atoms with Gasteiger partial charge in [0.15, 0.2) is 5.82 Å². The fourth-order valence-corrected chi connectivity index (χ4v) is 7.54. The molecule has 0 amide bonds. The molecule has 10 rings (SSSR count). The van der Waals surface area contributed by atoms with Crippen LogP contribution in [-0.4, -0.2) is 15.0 Å². The van der Waals surface area contributed by atoms with Crippen molar-refractivity contribution in [3.63, 3.8) is 0 Å². The van der Waals surface area contributed by atoms with Crippen LogP contribution in [0.1, 0.15) is 0 Å². The Bertz CT molecular complexity index is 2850. The van der Waals surface area contributed by atoms with Crippen molar-refractivity contribution < 1.29 is 0 Å². The van der Waals surface area contributed by atoms with Gasteiger partial charge in [0.25, 0.3) is 0 Å². The number of aromatic nitrogens is 3. The van der Waals surface area contributed by atoms with E-state index in [1.807, 2.05) is 42.7 Å². The maximum absolute atomic E-state index is 5.24. The second-order valence-corrected chi connectivity index (χ2v) is 13.3. The number of pyridine rings is 1. The summed E-state index contributed by atoms with van der Waals surface area (Å²) in [5.41, 5.74) is 11.6. The fraction of sp³-hybridized carbons (Fsp3) is 0. The quantitative estimate of drug-likeness (QED) is 0.166. The van der Waals surface area contributed by atoms with E-state index in [9.17, 15) is 0 Å². The zero-order chi connectivity index (χ0) is 34.4. The Morgan fingerprint density at radius 2 is 0.904 bits per heavy atom. The van der Waals surface area contributed by atoms with Gasteiger partial charge in [0.05, 0.1) is 11.4 Å². The van der Waals surface area contributed by atoms with Gasteiger partial charge in [0.2, 0.25) is 0 Å². The molecule has 2 aromatic heterocycles. The number of nitrogens with zero attached hydrogens (tertiary/aromatic N) is 3. The summed E-state index contributed by atoms with van der Waals surface area (Å²) in [4.78, 5) is 14.8. The lowest BCUT2D eigenvalue weighted by molar-refractivity contribution is 1.18. The topological polar surface area (TPSA) is 38.7 Å². The lowest BCUT2D eigenvalue weighted by atomic mass is 9.88. The summed E-state index contributed by atoms with van der Waals surface area (Å²) in [5, 5.41) is 7.62. The molecule has 3 nitrogen and oxygen atoms in total. The molecule has 0 aliphatic rings. The average molecular weight is 662 g/mol. The van der Waals surface area contributed by atoms with Crippen LogP contribution in [0.2, 0.25) is 0 Å². The average Bonchev–Trinajstić information content (AvgIpc) is 3.23. The van der Waals surface area contributed by atoms with Gasteiger partial charge in [-0.2, -0.15) is 0 Å². The first-order valence-corrected chi connectivity index (χ1v) is 17.6. The first kappa shape index (κ1) is 29.9. The van der Waals surface area contributed by atoms with Crippen molar-refractivity contribution in [2.45, 2.75) is 0 Å². The van der Waals surface area contributed by atoms with Gasteiger partial charge >= 0.3 is 0 Å². The molecule has 242 valence electrons. The van der Waals surface area contributed by atoms with Crippen molar-refractivity contribution in [3.8, 4) is 67.3 Å². The van der Waals surface area contributed by atoms with E-state index in [1.54, 1.807) is 0 Å². The molecule has 0 saturated carbocycles. The normalized spacial score (nSPS) is 11.5. The van der Waals surface area contributed by atoms with Gasteiger partial charge in [-0.05, 0) is 90.5 Å². The van der Waals surface area contributed by atoms with Crippen molar-refractivity contribution in [1.29, 1.82) is 0 Å². The zero-order valence-corrected chi connectivity index (χ0v) is 28.2. The van der Waals surface area contributed by atoms with Crippen molar-refractivity contribution in [2.75, 3.05) is 0 Å². The molecule has 0 atom stereocenters. The van der Waals surface area contributed by atoms with E-state index in [4.69, 9.17) is 9.97 Å². The molecule has 2 heterocycles. The van der Waals surface area contributed by atoms with E-state index in [2.05, 4.69) is 151 Å². The van der Waals surface area contributed by atoms with E-state index in [0.717, 1.165) is 44.8 Å². The van der Waals surface area contributed by atoms with Crippen molar-refractivity contribution in [1.82, 2.24) is 15.0 Å². The summed E-state index contributed by atoms with van der Waals surface area (Å²) < 4.78 is 0. The minimum atomic E-state index is 0.691. The molecule has 0 aliphatic carbocycles. The summed E-state index contributed by atoms with van der Waals surface area (Å²) >= 11 is 0. The van der Waals surface area contributed by atoms with Gasteiger partial charge in [-0.15, -0.1) is 0 Å². The van der Waals surface area contributed by atoms with Crippen LogP contribution in [0.5, 0.6) is 0 Å². The van der Waals surface area contributed by atoms with Gasteiger partial charge in [-0.25, -0.2) is 9.97 Å². The minimum Gasteiger partial charge on any atom is -0.264 e. The maximum atomic E-state index is 5.24. The molecular formula is C49H31N3. The molecule has 0 N–H and O–H groups in total. The predicted octanol–water partition coefficient (Wildman–Crippen LogP) is 12.8. The van der Waals surface area contributed by atoms with Crippen LogP contribution in [0.15, 0.2) is 188 Å². The monoisotopic (exact) mass is 661 g/mol. The smallest absolute Gasteiger partial charge is 0.160 e. The van der Waals surface area contributed by atoms with Gasteiger partial charge in [-0.3, -0.25) is 4.98 Å². The SMILES string of the molecule is c1ccc(-c2ccc(-c3cc(-c4cc(-c5cccnc5)cc(-c5ccc6ccc7cccc8ccc5c6c78)c4)nc(-c4ccccc4)n3)cc2)cc1. The van der Waals surface area contributed by atoms with Crippen LogP contribution in [0.3, 0.4) is 0 Å². The standard InChI is InChI=1S/C49H31N3/c1-3-9-32(10-4-1)33-16-18-34(19-17-33)45-30-46(52-49(51-45)38-11-5-2-6-12-38)42-28-40(39-15-8-26-50-31-39)27-41(29-42)43-24-22-37-21-20-35-13-7-14-36-23-25-44(43)48(37)47(35)36/h1-31H. The van der Waals surface area contributed by atoms with Crippen molar-refractivity contribution in [2.24, 2.45) is 0 Å². The molecule has 0 spiro atoms. The third-order valence-corrected chi connectivity index (χ3v) is 10.1. The number of hydrogen-bond acceptors (Lipinski definition) is 3. The molecule has 52 heavy (non-hydrogen) atoms. The second kappa shape index (κ2) is 12.4. The van der Waals surface area contributed by atoms with E-state index < -0.39 is 0 Å². The molecule has 0 bridgehead atoms. The van der Waals surface area contributed by atoms with Crippen LogP contribution < -0.4 is 0 Å². The van der Waals surface area contributed by atoms with E-state index in [1.165, 1.54) is 49.0 Å². The van der Waals surface area contributed by atoms with Gasteiger partial charge < -0.3 is 0 Å². The molecule has 0 fully saturated rings. The van der Waals surface area contributed by atoms with Crippen LogP contribution in [0, 0.1) is 0 Å². The highest BCUT2D eigenvalue weighted by atomic mass is 14.9. The van der Waals surface area contributed by atoms with Crippen molar-refractivity contribution in [3.05, 3.63) is 188 Å². The van der Waals surface area contributed by atoms with E-state index in [-0.39, 0.29) is 0 Å². The van der Waals surface area contributed by atoms with Crippen LogP contribution in [0.4, 0.5) is 0 Å². The molecular weight excluding hydrogens is 631 g/mol. The van der Waals surface area contributed by atoms with Crippen LogP contribution in [0.25, 0.3) is 99.6 Å².